The molecule has 0 saturated carbocycles. The average molecular weight is 1040 g/mol. The number of phenols is 1. The number of phenolic OH excluding ortho intramolecular Hbond substituents is 1. The number of amides is 5. The Kier molecular flexibility index (Phi) is 31.2. The van der Waals surface area contributed by atoms with Crippen LogP contribution in [0.5, 0.6) is 5.75 Å². The van der Waals surface area contributed by atoms with Crippen LogP contribution < -0.4 is 38.5 Å². The van der Waals surface area contributed by atoms with Gasteiger partial charge < -0.3 is 68.4 Å². The number of benzene rings is 2. The monoisotopic (exact) mass is 1040 g/mol. The Morgan fingerprint density at radius 1 is 0.635 bits per heavy atom. The summed E-state index contributed by atoms with van der Waals surface area (Å²) >= 11 is 0. The zero-order chi connectivity index (χ0) is 54.3. The number of carbonyl (C=O) groups excluding carboxylic acids is 5. The first-order chi connectivity index (χ1) is 35.6. The summed E-state index contributed by atoms with van der Waals surface area (Å²) in [6.07, 6.45) is 13.8. The van der Waals surface area contributed by atoms with E-state index < -0.39 is 84.4 Å². The van der Waals surface area contributed by atoms with E-state index in [4.69, 9.17) is 26.7 Å². The van der Waals surface area contributed by atoms with Gasteiger partial charge in [-0.3, -0.25) is 24.0 Å². The van der Waals surface area contributed by atoms with E-state index in [2.05, 4.69) is 28.2 Å². The van der Waals surface area contributed by atoms with Crippen LogP contribution in [0.1, 0.15) is 170 Å². The smallest absolute Gasteiger partial charge is 0.252 e. The molecule has 5 amide bonds. The first-order valence-corrected chi connectivity index (χ1v) is 27.7. The summed E-state index contributed by atoms with van der Waals surface area (Å²) in [5.41, 5.74) is 20.6. The molecule has 1 saturated heterocycles. The van der Waals surface area contributed by atoms with E-state index >= 15 is 0 Å². The van der Waals surface area contributed by atoms with Gasteiger partial charge in [-0.15, -0.1) is 0 Å². The predicted octanol–water partition coefficient (Wildman–Crippen LogP) is 4.56. The maximum Gasteiger partial charge on any atom is 0.252 e. The van der Waals surface area contributed by atoms with E-state index in [0.29, 0.717) is 31.4 Å². The van der Waals surface area contributed by atoms with E-state index in [1.54, 1.807) is 50.2 Å². The minimum atomic E-state index is -1.73. The highest BCUT2D eigenvalue weighted by atomic mass is 16.7. The average Bonchev–Trinajstić information content (AvgIpc) is 3.37. The van der Waals surface area contributed by atoms with Gasteiger partial charge in [0.25, 0.3) is 5.91 Å². The molecule has 1 aliphatic heterocycles. The summed E-state index contributed by atoms with van der Waals surface area (Å²) in [6, 6.07) is 7.59. The number of carbonyl (C=O) groups is 5. The number of hydrogen-bond acceptors (Lipinski definition) is 13. The fourth-order valence-electron chi connectivity index (χ4n) is 9.37. The molecule has 418 valence electrons. The quantitative estimate of drug-likeness (QED) is 0.0410. The molecular formula is C56H93N7O11. The standard InChI is InChI=1S/C56H93N7O11/c1-4-5-6-7-8-9-10-11-12-13-14-15-16-17-18-26-33-73-56-49(67)47(65)48(66)50(74-56)55(72)60-32-25-23-30-45(62-52(69)43(58)37-42-38(2)34-41(64)35-39(42)3)53(70)63-46(36-40-27-20-19-21-28-40)54(71)61-44(51(59)68)29-22-24-31-57/h19-21,27-28,34-35,43-50,56,64-67H,4-18,22-26,29-33,36-37,57-58H2,1-3H3,(H2,59,68)(H,60,72)(H,61,71)(H,62,69)(H,63,70)/t43-,44-,45+,46-,47-,48-,49+,50-,56+/m0/s1. The fraction of sp³-hybridized carbons (Fsp3) is 0.696. The predicted molar refractivity (Wildman–Crippen MR) is 286 cm³/mol. The molecule has 0 aromatic heterocycles. The molecule has 1 fully saturated rings. The van der Waals surface area contributed by atoms with Crippen LogP contribution in [0.15, 0.2) is 42.5 Å². The topological polar surface area (TPSA) is 311 Å². The first kappa shape index (κ1) is 63.6. The van der Waals surface area contributed by atoms with Gasteiger partial charge in [-0.2, -0.15) is 0 Å². The third kappa shape index (κ3) is 23.9. The largest absolute Gasteiger partial charge is 0.508 e. The van der Waals surface area contributed by atoms with Crippen LogP contribution in [0.25, 0.3) is 0 Å². The lowest BCUT2D eigenvalue weighted by molar-refractivity contribution is -0.290. The van der Waals surface area contributed by atoms with Gasteiger partial charge in [-0.05, 0) is 106 Å². The van der Waals surface area contributed by atoms with E-state index in [1.807, 2.05) is 6.07 Å². The van der Waals surface area contributed by atoms with Gasteiger partial charge in [0.2, 0.25) is 23.6 Å². The molecule has 1 heterocycles. The van der Waals surface area contributed by atoms with Crippen molar-refractivity contribution in [2.45, 2.75) is 230 Å². The van der Waals surface area contributed by atoms with Crippen molar-refractivity contribution >= 4 is 29.5 Å². The number of unbranched alkanes of at least 4 members (excludes halogenated alkanes) is 17. The molecule has 0 radical (unpaired) electrons. The van der Waals surface area contributed by atoms with Gasteiger partial charge in [-0.1, -0.05) is 134 Å². The minimum absolute atomic E-state index is 0.0445. The van der Waals surface area contributed by atoms with Crippen LogP contribution in [0.4, 0.5) is 0 Å². The molecule has 9 atom stereocenters. The second-order valence-electron chi connectivity index (χ2n) is 20.3. The Bertz CT molecular complexity index is 1920. The van der Waals surface area contributed by atoms with Crippen molar-refractivity contribution in [3.63, 3.8) is 0 Å². The third-order valence-corrected chi connectivity index (χ3v) is 13.9. The number of rotatable bonds is 39. The lowest BCUT2D eigenvalue weighted by Crippen LogP contribution is -2.62. The molecule has 0 spiro atoms. The van der Waals surface area contributed by atoms with Gasteiger partial charge in [0.1, 0.15) is 42.2 Å². The molecular weight excluding hydrogens is 947 g/mol. The molecule has 0 unspecified atom stereocenters. The number of aryl methyl sites for hydroxylation is 2. The van der Waals surface area contributed by atoms with E-state index in [9.17, 15) is 44.4 Å². The maximum atomic E-state index is 14.2. The molecule has 2 aromatic carbocycles. The van der Waals surface area contributed by atoms with Crippen molar-refractivity contribution in [2.24, 2.45) is 17.2 Å². The number of aliphatic hydroxyl groups is 3. The maximum absolute atomic E-state index is 14.2. The van der Waals surface area contributed by atoms with Gasteiger partial charge in [0, 0.05) is 19.6 Å². The van der Waals surface area contributed by atoms with Crippen LogP contribution >= 0.6 is 0 Å². The third-order valence-electron chi connectivity index (χ3n) is 13.9. The van der Waals surface area contributed by atoms with Gasteiger partial charge in [0.05, 0.1) is 6.04 Å². The zero-order valence-electron chi connectivity index (χ0n) is 44.7. The van der Waals surface area contributed by atoms with E-state index in [1.165, 1.54) is 77.0 Å². The Morgan fingerprint density at radius 3 is 1.72 bits per heavy atom. The summed E-state index contributed by atoms with van der Waals surface area (Å²) < 4.78 is 11.5. The van der Waals surface area contributed by atoms with Gasteiger partial charge in [-0.25, -0.2) is 0 Å². The fourth-order valence-corrected chi connectivity index (χ4v) is 9.37. The Labute approximate surface area is 440 Å². The molecule has 0 bridgehead atoms. The van der Waals surface area contributed by atoms with Crippen LogP contribution in [0, 0.1) is 13.8 Å². The molecule has 18 heteroatoms. The summed E-state index contributed by atoms with van der Waals surface area (Å²) in [7, 11) is 0. The van der Waals surface area contributed by atoms with Gasteiger partial charge >= 0.3 is 0 Å². The second kappa shape index (κ2) is 36.3. The van der Waals surface area contributed by atoms with Crippen LogP contribution in [0.3, 0.4) is 0 Å². The van der Waals surface area contributed by atoms with Crippen molar-refractivity contribution in [1.29, 1.82) is 0 Å². The van der Waals surface area contributed by atoms with Crippen molar-refractivity contribution in [1.82, 2.24) is 21.3 Å². The SMILES string of the molecule is CCCCCCCCCCCCCCCCCCO[C@@H]1O[C@H](C(=O)NCCCC[C@@H](NC(=O)[C@@H](N)Cc2c(C)cc(O)cc2C)C(=O)N[C@@H](Cc2ccccc2)C(=O)N[C@@H](CCCCN)C(N)=O)[C@@H](O)[C@H](O)[C@H]1O. The number of nitrogens with one attached hydrogen (secondary N) is 4. The summed E-state index contributed by atoms with van der Waals surface area (Å²) in [4.78, 5) is 67.5. The molecule has 14 N–H and O–H groups in total. The van der Waals surface area contributed by atoms with Crippen molar-refractivity contribution in [3.05, 3.63) is 64.7 Å². The first-order valence-electron chi connectivity index (χ1n) is 27.7. The second-order valence-corrected chi connectivity index (χ2v) is 20.3. The number of aromatic hydroxyl groups is 1. The molecule has 1 aliphatic rings. The number of hydrogen-bond donors (Lipinski definition) is 11. The highest BCUT2D eigenvalue weighted by Gasteiger charge is 2.47. The van der Waals surface area contributed by atoms with Gasteiger partial charge in [0.15, 0.2) is 12.4 Å². The Morgan fingerprint density at radius 2 is 1.15 bits per heavy atom. The number of primary amides is 1. The summed E-state index contributed by atoms with van der Waals surface area (Å²) in [5, 5.41) is 53.0. The lowest BCUT2D eigenvalue weighted by Gasteiger charge is -2.39. The normalized spacial score (nSPS) is 19.2. The summed E-state index contributed by atoms with van der Waals surface area (Å²) in [6.45, 7) is 6.52. The van der Waals surface area contributed by atoms with Crippen molar-refractivity contribution < 1.29 is 53.9 Å². The van der Waals surface area contributed by atoms with Crippen LogP contribution in [-0.2, 0) is 46.3 Å². The van der Waals surface area contributed by atoms with Crippen molar-refractivity contribution in [2.75, 3.05) is 19.7 Å². The highest BCUT2D eigenvalue weighted by Crippen LogP contribution is 2.24. The molecule has 0 aliphatic carbocycles. The number of nitrogens with two attached hydrogens (primary N) is 3. The Balaban J connectivity index is 1.57. The minimum Gasteiger partial charge on any atom is -0.508 e. The van der Waals surface area contributed by atoms with Crippen LogP contribution in [-0.4, -0.2) is 125 Å². The number of ether oxygens (including phenoxy) is 2. The summed E-state index contributed by atoms with van der Waals surface area (Å²) in [5.74, 6) is -3.39. The zero-order valence-corrected chi connectivity index (χ0v) is 44.7. The number of aliphatic hydroxyl groups excluding tert-OH is 3. The Hall–Kier alpha value is -4.69. The van der Waals surface area contributed by atoms with Crippen molar-refractivity contribution in [3.8, 4) is 5.75 Å². The van der Waals surface area contributed by atoms with Crippen LogP contribution in [0.2, 0.25) is 0 Å². The highest BCUT2D eigenvalue weighted by molar-refractivity contribution is 5.94. The van der Waals surface area contributed by atoms with E-state index in [0.717, 1.165) is 36.0 Å². The molecule has 3 rings (SSSR count). The molecule has 18 nitrogen and oxygen atoms in total. The lowest BCUT2D eigenvalue weighted by atomic mass is 9.95. The van der Waals surface area contributed by atoms with E-state index in [-0.39, 0.29) is 57.4 Å². The molecule has 2 aromatic rings. The molecule has 74 heavy (non-hydrogen) atoms.